The minimum atomic E-state index is -0.425. The molecule has 0 amide bonds. The Morgan fingerprint density at radius 2 is 2.07 bits per heavy atom. The van der Waals surface area contributed by atoms with Crippen molar-refractivity contribution < 1.29 is 9.53 Å². The van der Waals surface area contributed by atoms with Crippen LogP contribution in [0.1, 0.15) is 35.7 Å². The second-order valence-corrected chi connectivity index (χ2v) is 3.72. The first-order chi connectivity index (χ1) is 7.10. The molecule has 4 nitrogen and oxygen atoms in total. The zero-order valence-electron chi connectivity index (χ0n) is 9.00. The highest BCUT2D eigenvalue weighted by molar-refractivity contribution is 9.10. The van der Waals surface area contributed by atoms with Crippen molar-refractivity contribution >= 4 is 21.9 Å². The number of hydrogen-bond acceptors (Lipinski definition) is 4. The van der Waals surface area contributed by atoms with Crippen LogP contribution in [0.25, 0.3) is 0 Å². The molecule has 0 N–H and O–H groups in total. The number of ether oxygens (including phenoxy) is 1. The molecular weight excluding hydrogens is 260 g/mol. The summed E-state index contributed by atoms with van der Waals surface area (Å²) in [6.07, 6.45) is 0.775. The summed E-state index contributed by atoms with van der Waals surface area (Å²) in [6.45, 7) is 5.84. The van der Waals surface area contributed by atoms with E-state index in [0.29, 0.717) is 16.9 Å². The summed E-state index contributed by atoms with van der Waals surface area (Å²) in [5, 5.41) is 0. The molecule has 1 heterocycles. The van der Waals surface area contributed by atoms with Gasteiger partial charge < -0.3 is 4.74 Å². The van der Waals surface area contributed by atoms with E-state index in [4.69, 9.17) is 4.74 Å². The molecule has 0 fully saturated rings. The molecule has 0 aliphatic heterocycles. The third-order valence-corrected chi connectivity index (χ3v) is 2.53. The van der Waals surface area contributed by atoms with Crippen molar-refractivity contribution in [3.63, 3.8) is 0 Å². The number of esters is 1. The first kappa shape index (κ1) is 12.1. The van der Waals surface area contributed by atoms with Crippen LogP contribution in [-0.4, -0.2) is 22.5 Å². The Kier molecular flexibility index (Phi) is 4.20. The van der Waals surface area contributed by atoms with E-state index in [0.717, 1.165) is 12.1 Å². The fourth-order valence-electron chi connectivity index (χ4n) is 1.16. The van der Waals surface area contributed by atoms with Crippen molar-refractivity contribution in [2.24, 2.45) is 0 Å². The molecule has 0 bridgehead atoms. The van der Waals surface area contributed by atoms with Gasteiger partial charge in [0.2, 0.25) is 0 Å². The highest BCUT2D eigenvalue weighted by Gasteiger charge is 2.15. The van der Waals surface area contributed by atoms with E-state index in [-0.39, 0.29) is 5.69 Å². The van der Waals surface area contributed by atoms with Gasteiger partial charge in [-0.05, 0) is 36.2 Å². The normalized spacial score (nSPS) is 10.1. The van der Waals surface area contributed by atoms with Crippen LogP contribution in [0.3, 0.4) is 0 Å². The Hall–Kier alpha value is -0.970. The summed E-state index contributed by atoms with van der Waals surface area (Å²) in [5.41, 5.74) is 1.73. The van der Waals surface area contributed by atoms with Crippen molar-refractivity contribution in [2.75, 3.05) is 6.61 Å². The van der Waals surface area contributed by atoms with Crippen LogP contribution in [0, 0.1) is 6.92 Å². The van der Waals surface area contributed by atoms with E-state index in [2.05, 4.69) is 25.9 Å². The average molecular weight is 273 g/mol. The highest BCUT2D eigenvalue weighted by Crippen LogP contribution is 2.15. The van der Waals surface area contributed by atoms with E-state index < -0.39 is 5.97 Å². The van der Waals surface area contributed by atoms with E-state index >= 15 is 0 Å². The Bertz CT molecular complexity index is 380. The number of aryl methyl sites for hydroxylation is 2. The number of rotatable bonds is 3. The minimum absolute atomic E-state index is 0.279. The molecule has 15 heavy (non-hydrogen) atoms. The lowest BCUT2D eigenvalue weighted by atomic mass is 10.3. The van der Waals surface area contributed by atoms with Crippen LogP contribution in [0.4, 0.5) is 0 Å². The second kappa shape index (κ2) is 5.21. The molecule has 0 aliphatic rings. The molecule has 82 valence electrons. The highest BCUT2D eigenvalue weighted by atomic mass is 79.9. The van der Waals surface area contributed by atoms with Gasteiger partial charge in [0, 0.05) is 0 Å². The quantitative estimate of drug-likeness (QED) is 0.793. The fraction of sp³-hybridized carbons (Fsp3) is 0.500. The Labute approximate surface area is 97.2 Å². The van der Waals surface area contributed by atoms with Gasteiger partial charge in [-0.1, -0.05) is 6.92 Å². The van der Waals surface area contributed by atoms with Crippen molar-refractivity contribution in [2.45, 2.75) is 27.2 Å². The third-order valence-electron chi connectivity index (χ3n) is 1.90. The predicted molar refractivity (Wildman–Crippen MR) is 59.8 cm³/mol. The SMILES string of the molecule is CCOC(=O)c1nc(Br)c(CC)nc1C. The molecule has 1 rings (SSSR count). The van der Waals surface area contributed by atoms with E-state index in [1.54, 1.807) is 13.8 Å². The smallest absolute Gasteiger partial charge is 0.358 e. The second-order valence-electron chi connectivity index (χ2n) is 2.97. The lowest BCUT2D eigenvalue weighted by Gasteiger charge is -2.07. The summed E-state index contributed by atoms with van der Waals surface area (Å²) < 4.78 is 5.48. The van der Waals surface area contributed by atoms with Crippen molar-refractivity contribution in [3.8, 4) is 0 Å². The topological polar surface area (TPSA) is 52.1 Å². The zero-order chi connectivity index (χ0) is 11.4. The monoisotopic (exact) mass is 272 g/mol. The largest absolute Gasteiger partial charge is 0.461 e. The van der Waals surface area contributed by atoms with Crippen LogP contribution in [0.5, 0.6) is 0 Å². The van der Waals surface area contributed by atoms with Crippen LogP contribution in [0.2, 0.25) is 0 Å². The van der Waals surface area contributed by atoms with Crippen molar-refractivity contribution in [1.82, 2.24) is 9.97 Å². The Morgan fingerprint density at radius 3 is 2.60 bits per heavy atom. The number of halogens is 1. The standard InChI is InChI=1S/C10H13BrN2O2/c1-4-7-9(11)13-8(6(3)12-7)10(14)15-5-2/h4-5H2,1-3H3. The van der Waals surface area contributed by atoms with Crippen LogP contribution in [0.15, 0.2) is 4.60 Å². The minimum Gasteiger partial charge on any atom is -0.461 e. The summed E-state index contributed by atoms with van der Waals surface area (Å²) in [6, 6.07) is 0. The number of aromatic nitrogens is 2. The third kappa shape index (κ3) is 2.75. The Morgan fingerprint density at radius 1 is 1.40 bits per heavy atom. The van der Waals surface area contributed by atoms with Gasteiger partial charge >= 0.3 is 5.97 Å². The van der Waals surface area contributed by atoms with Gasteiger partial charge in [0.25, 0.3) is 0 Å². The molecule has 0 saturated carbocycles. The molecule has 0 aliphatic carbocycles. The maximum atomic E-state index is 11.5. The molecule has 0 spiro atoms. The van der Waals surface area contributed by atoms with Gasteiger partial charge in [-0.25, -0.2) is 9.78 Å². The summed E-state index contributed by atoms with van der Waals surface area (Å²) >= 11 is 3.28. The molecule has 0 unspecified atom stereocenters. The van der Waals surface area contributed by atoms with Gasteiger partial charge in [0.1, 0.15) is 4.60 Å². The number of carbonyl (C=O) groups excluding carboxylic acids is 1. The van der Waals surface area contributed by atoms with Crippen LogP contribution in [-0.2, 0) is 11.2 Å². The molecule has 1 aromatic heterocycles. The maximum Gasteiger partial charge on any atom is 0.358 e. The van der Waals surface area contributed by atoms with Gasteiger partial charge in [-0.15, -0.1) is 0 Å². The Balaban J connectivity index is 3.10. The number of carbonyl (C=O) groups is 1. The van der Waals surface area contributed by atoms with Crippen LogP contribution >= 0.6 is 15.9 Å². The summed E-state index contributed by atoms with van der Waals surface area (Å²) in [4.78, 5) is 19.9. The molecule has 1 aromatic rings. The predicted octanol–water partition coefficient (Wildman–Crippen LogP) is 2.29. The summed E-state index contributed by atoms with van der Waals surface area (Å²) in [5.74, 6) is -0.425. The lowest BCUT2D eigenvalue weighted by Crippen LogP contribution is -2.12. The maximum absolute atomic E-state index is 11.5. The van der Waals surface area contributed by atoms with Gasteiger partial charge in [-0.3, -0.25) is 4.98 Å². The van der Waals surface area contributed by atoms with Crippen LogP contribution < -0.4 is 0 Å². The van der Waals surface area contributed by atoms with Gasteiger partial charge in [0.05, 0.1) is 18.0 Å². The molecule has 0 atom stereocenters. The first-order valence-corrected chi connectivity index (χ1v) is 5.59. The zero-order valence-corrected chi connectivity index (χ0v) is 10.6. The van der Waals surface area contributed by atoms with E-state index in [9.17, 15) is 4.79 Å². The van der Waals surface area contributed by atoms with Crippen molar-refractivity contribution in [1.29, 1.82) is 0 Å². The molecule has 5 heteroatoms. The first-order valence-electron chi connectivity index (χ1n) is 4.80. The van der Waals surface area contributed by atoms with E-state index in [1.807, 2.05) is 6.92 Å². The molecule has 0 saturated heterocycles. The van der Waals surface area contributed by atoms with Gasteiger partial charge in [0.15, 0.2) is 5.69 Å². The lowest BCUT2D eigenvalue weighted by molar-refractivity contribution is 0.0517. The molecule has 0 aromatic carbocycles. The van der Waals surface area contributed by atoms with E-state index in [1.165, 1.54) is 0 Å². The number of hydrogen-bond donors (Lipinski definition) is 0. The fourth-order valence-corrected chi connectivity index (χ4v) is 1.71. The number of nitrogens with zero attached hydrogens (tertiary/aromatic N) is 2. The molecule has 0 radical (unpaired) electrons. The molecular formula is C10H13BrN2O2. The summed E-state index contributed by atoms with van der Waals surface area (Å²) in [7, 11) is 0. The average Bonchev–Trinajstić information content (AvgIpc) is 2.21. The van der Waals surface area contributed by atoms with Gasteiger partial charge in [-0.2, -0.15) is 0 Å². The van der Waals surface area contributed by atoms with Crippen molar-refractivity contribution in [3.05, 3.63) is 21.7 Å².